The van der Waals surface area contributed by atoms with Crippen LogP contribution in [0.4, 0.5) is 4.79 Å². The molecule has 0 spiro atoms. The predicted molar refractivity (Wildman–Crippen MR) is 89.7 cm³/mol. The van der Waals surface area contributed by atoms with E-state index in [0.717, 1.165) is 5.56 Å². The summed E-state index contributed by atoms with van der Waals surface area (Å²) >= 11 is 0. The summed E-state index contributed by atoms with van der Waals surface area (Å²) in [6, 6.07) is 15.5. The number of aromatic hydroxyl groups is 1. The smallest absolute Gasteiger partial charge is 0.407 e. The van der Waals surface area contributed by atoms with Gasteiger partial charge < -0.3 is 20.5 Å². The first-order valence-electron chi connectivity index (χ1n) is 7.67. The van der Waals surface area contributed by atoms with Crippen molar-refractivity contribution in [3.63, 3.8) is 0 Å². The third kappa shape index (κ3) is 6.00. The summed E-state index contributed by atoms with van der Waals surface area (Å²) in [6.45, 7) is 1.03. The quantitative estimate of drug-likeness (QED) is 0.681. The molecular weight excluding hydrogens is 308 g/mol. The van der Waals surface area contributed by atoms with Crippen LogP contribution in [0.2, 0.25) is 0 Å². The van der Waals surface area contributed by atoms with E-state index in [0.29, 0.717) is 25.1 Å². The van der Waals surface area contributed by atoms with Crippen molar-refractivity contribution in [2.45, 2.75) is 13.0 Å². The lowest BCUT2D eigenvalue weighted by atomic mass is 10.2. The molecule has 0 aromatic heterocycles. The van der Waals surface area contributed by atoms with Crippen LogP contribution in [0.15, 0.2) is 54.6 Å². The number of nitrogens with one attached hydrogen (secondary N) is 2. The van der Waals surface area contributed by atoms with Gasteiger partial charge in [0.05, 0.1) is 0 Å². The highest BCUT2D eigenvalue weighted by Crippen LogP contribution is 2.10. The van der Waals surface area contributed by atoms with Gasteiger partial charge in [0.2, 0.25) is 0 Å². The molecule has 0 radical (unpaired) electrons. The van der Waals surface area contributed by atoms with Crippen LogP contribution >= 0.6 is 0 Å². The first kappa shape index (κ1) is 17.3. The van der Waals surface area contributed by atoms with Crippen LogP contribution in [0.25, 0.3) is 0 Å². The van der Waals surface area contributed by atoms with Gasteiger partial charge in [0.15, 0.2) is 0 Å². The summed E-state index contributed by atoms with van der Waals surface area (Å²) in [4.78, 5) is 23.3. The number of phenolic OH excluding ortho intramolecular Hbond substituents is 1. The normalized spacial score (nSPS) is 10.0. The van der Waals surface area contributed by atoms with Gasteiger partial charge in [0.1, 0.15) is 12.4 Å². The van der Waals surface area contributed by atoms with Gasteiger partial charge >= 0.3 is 6.09 Å². The Morgan fingerprint density at radius 1 is 0.958 bits per heavy atom. The molecule has 0 atom stereocenters. The van der Waals surface area contributed by atoms with Crippen LogP contribution in [0, 0.1) is 0 Å². The molecule has 24 heavy (non-hydrogen) atoms. The molecule has 3 N–H and O–H groups in total. The number of carbonyl (C=O) groups is 2. The van der Waals surface area contributed by atoms with Gasteiger partial charge in [-0.25, -0.2) is 4.79 Å². The Kier molecular flexibility index (Phi) is 6.64. The van der Waals surface area contributed by atoms with Crippen molar-refractivity contribution in [3.05, 3.63) is 65.7 Å². The number of alkyl carbamates (subject to hydrolysis) is 1. The van der Waals surface area contributed by atoms with Gasteiger partial charge in [-0.1, -0.05) is 36.4 Å². The Hall–Kier alpha value is -3.02. The summed E-state index contributed by atoms with van der Waals surface area (Å²) in [5.41, 5.74) is 1.32. The molecule has 0 fully saturated rings. The monoisotopic (exact) mass is 328 g/mol. The molecule has 0 saturated carbocycles. The van der Waals surface area contributed by atoms with Crippen molar-refractivity contribution in [1.29, 1.82) is 0 Å². The molecule has 0 aliphatic heterocycles. The maximum Gasteiger partial charge on any atom is 0.407 e. The van der Waals surface area contributed by atoms with Crippen LogP contribution < -0.4 is 10.6 Å². The van der Waals surface area contributed by atoms with E-state index in [1.54, 1.807) is 12.1 Å². The van der Waals surface area contributed by atoms with Gasteiger partial charge in [-0.2, -0.15) is 0 Å². The highest BCUT2D eigenvalue weighted by Gasteiger charge is 2.06. The van der Waals surface area contributed by atoms with E-state index in [1.165, 1.54) is 12.1 Å². The molecule has 0 unspecified atom stereocenters. The highest BCUT2D eigenvalue weighted by atomic mass is 16.5. The van der Waals surface area contributed by atoms with Crippen LogP contribution in [-0.4, -0.2) is 30.2 Å². The molecule has 0 aliphatic rings. The molecule has 6 heteroatoms. The Morgan fingerprint density at radius 2 is 1.71 bits per heavy atom. The first-order valence-corrected chi connectivity index (χ1v) is 7.67. The van der Waals surface area contributed by atoms with Crippen LogP contribution in [-0.2, 0) is 11.3 Å². The molecule has 2 rings (SSSR count). The number of hydrogen-bond donors (Lipinski definition) is 3. The number of phenols is 1. The third-order valence-corrected chi connectivity index (χ3v) is 3.23. The second-order valence-electron chi connectivity index (χ2n) is 5.15. The van der Waals surface area contributed by atoms with Crippen molar-refractivity contribution in [3.8, 4) is 5.75 Å². The fourth-order valence-corrected chi connectivity index (χ4v) is 2.00. The number of ether oxygens (including phenoxy) is 1. The van der Waals surface area contributed by atoms with E-state index >= 15 is 0 Å². The maximum atomic E-state index is 11.8. The second kappa shape index (κ2) is 9.19. The molecule has 0 heterocycles. The molecule has 0 saturated heterocycles. The van der Waals surface area contributed by atoms with Gasteiger partial charge in [-0.3, -0.25) is 4.79 Å². The van der Waals surface area contributed by atoms with Crippen molar-refractivity contribution >= 4 is 12.0 Å². The minimum absolute atomic E-state index is 0.0467. The summed E-state index contributed by atoms with van der Waals surface area (Å²) in [5.74, 6) is -0.219. The maximum absolute atomic E-state index is 11.8. The van der Waals surface area contributed by atoms with E-state index in [9.17, 15) is 14.7 Å². The van der Waals surface area contributed by atoms with Gasteiger partial charge in [-0.05, 0) is 30.2 Å². The zero-order chi connectivity index (χ0) is 17.2. The second-order valence-corrected chi connectivity index (χ2v) is 5.15. The molecule has 6 nitrogen and oxygen atoms in total. The summed E-state index contributed by atoms with van der Waals surface area (Å²) < 4.78 is 5.07. The highest BCUT2D eigenvalue weighted by molar-refractivity contribution is 5.94. The molecule has 2 aromatic carbocycles. The lowest BCUT2D eigenvalue weighted by Crippen LogP contribution is -2.30. The Balaban J connectivity index is 1.57. The molecule has 2 aromatic rings. The number of amides is 2. The van der Waals surface area contributed by atoms with Gasteiger partial charge in [0, 0.05) is 18.7 Å². The fraction of sp³-hybridized carbons (Fsp3) is 0.222. The summed E-state index contributed by atoms with van der Waals surface area (Å²) in [7, 11) is 0. The minimum Gasteiger partial charge on any atom is -0.508 e. The molecular formula is C18H20N2O4. The number of rotatable bonds is 7. The zero-order valence-electron chi connectivity index (χ0n) is 13.2. The van der Waals surface area contributed by atoms with Crippen LogP contribution in [0.1, 0.15) is 22.3 Å². The topological polar surface area (TPSA) is 87.7 Å². The van der Waals surface area contributed by atoms with Gasteiger partial charge in [0.25, 0.3) is 5.91 Å². The van der Waals surface area contributed by atoms with Crippen LogP contribution in [0.5, 0.6) is 5.75 Å². The molecule has 126 valence electrons. The Morgan fingerprint density at radius 3 is 2.46 bits per heavy atom. The Bertz CT molecular complexity index is 674. The standard InChI is InChI=1S/C18H20N2O4/c21-16-9-4-8-15(12-16)17(22)19-10-5-11-20-18(23)24-13-14-6-2-1-3-7-14/h1-4,6-9,12,21H,5,10-11,13H2,(H,19,22)(H,20,23). The molecule has 0 aliphatic carbocycles. The lowest BCUT2D eigenvalue weighted by Gasteiger charge is -2.08. The van der Waals surface area contributed by atoms with E-state index in [1.807, 2.05) is 30.3 Å². The molecule has 0 bridgehead atoms. The predicted octanol–water partition coefficient (Wildman–Crippen LogP) is 2.44. The van der Waals surface area contributed by atoms with Crippen LogP contribution in [0.3, 0.4) is 0 Å². The third-order valence-electron chi connectivity index (χ3n) is 3.23. The lowest BCUT2D eigenvalue weighted by molar-refractivity contribution is 0.0953. The first-order chi connectivity index (χ1) is 11.6. The van der Waals surface area contributed by atoms with Crippen molar-refractivity contribution in [1.82, 2.24) is 10.6 Å². The number of hydrogen-bond acceptors (Lipinski definition) is 4. The van der Waals surface area contributed by atoms with Gasteiger partial charge in [-0.15, -0.1) is 0 Å². The number of carbonyl (C=O) groups excluding carboxylic acids is 2. The van der Waals surface area contributed by atoms with Crippen molar-refractivity contribution in [2.24, 2.45) is 0 Å². The Labute approximate surface area is 140 Å². The largest absolute Gasteiger partial charge is 0.508 e. The van der Waals surface area contributed by atoms with Crippen molar-refractivity contribution < 1.29 is 19.4 Å². The molecule has 2 amide bonds. The van der Waals surface area contributed by atoms with E-state index in [-0.39, 0.29) is 18.3 Å². The van der Waals surface area contributed by atoms with Crippen molar-refractivity contribution in [2.75, 3.05) is 13.1 Å². The van der Waals surface area contributed by atoms with E-state index < -0.39 is 6.09 Å². The summed E-state index contributed by atoms with van der Waals surface area (Å²) in [5, 5.41) is 14.7. The minimum atomic E-state index is -0.488. The summed E-state index contributed by atoms with van der Waals surface area (Å²) in [6.07, 6.45) is 0.0866. The number of benzene rings is 2. The van der Waals surface area contributed by atoms with E-state index in [2.05, 4.69) is 10.6 Å². The average molecular weight is 328 g/mol. The zero-order valence-corrected chi connectivity index (χ0v) is 13.2. The SMILES string of the molecule is O=C(NCCCNC(=O)c1cccc(O)c1)OCc1ccccc1. The average Bonchev–Trinajstić information content (AvgIpc) is 2.60. The van der Waals surface area contributed by atoms with E-state index in [4.69, 9.17) is 4.74 Å². The fourth-order valence-electron chi connectivity index (χ4n) is 2.00.